The van der Waals surface area contributed by atoms with Gasteiger partial charge in [-0.2, -0.15) is 4.31 Å². The standard InChI is InChI=1S/C22H29N3O4S2/c26-21(23-11-10-17-6-2-1-3-7-17)15-25-19-14-18(8-9-20(19)30-16-22(25)27)31(28,29)24-12-4-5-13-24/h6,8-9,14H,1-5,7,10-13,15-16H2,(H,23,26). The molecule has 168 valence electrons. The Morgan fingerprint density at radius 2 is 1.94 bits per heavy atom. The Bertz CT molecular complexity index is 984. The second-order valence-corrected chi connectivity index (χ2v) is 11.2. The van der Waals surface area contributed by atoms with Crippen molar-refractivity contribution in [2.45, 2.75) is 54.7 Å². The molecule has 1 N–H and O–H groups in total. The lowest BCUT2D eigenvalue weighted by Crippen LogP contribution is -2.43. The fourth-order valence-corrected chi connectivity index (χ4v) is 6.74. The van der Waals surface area contributed by atoms with Crippen LogP contribution in [0.4, 0.5) is 5.69 Å². The first kappa shape index (κ1) is 22.4. The molecule has 2 amide bonds. The van der Waals surface area contributed by atoms with Gasteiger partial charge in [-0.05, 0) is 63.1 Å². The molecule has 0 radical (unpaired) electrons. The SMILES string of the molecule is O=C(CN1C(=O)CSc2ccc(S(=O)(=O)N3CCCC3)cc21)NCCC1=CCCCC1. The van der Waals surface area contributed by atoms with Crippen LogP contribution in [0.1, 0.15) is 44.9 Å². The minimum absolute atomic E-state index is 0.0986. The molecule has 0 saturated carbocycles. The summed E-state index contributed by atoms with van der Waals surface area (Å²) in [5, 5.41) is 2.91. The second-order valence-electron chi connectivity index (χ2n) is 8.22. The van der Waals surface area contributed by atoms with Crippen molar-refractivity contribution < 1.29 is 18.0 Å². The van der Waals surface area contributed by atoms with Gasteiger partial charge in [0.05, 0.1) is 16.3 Å². The first-order valence-corrected chi connectivity index (χ1v) is 13.4. The quantitative estimate of drug-likeness (QED) is 0.629. The molecule has 0 atom stereocenters. The molecule has 1 saturated heterocycles. The second kappa shape index (κ2) is 9.75. The summed E-state index contributed by atoms with van der Waals surface area (Å²) < 4.78 is 27.4. The van der Waals surface area contributed by atoms with Crippen molar-refractivity contribution in [2.24, 2.45) is 0 Å². The molecule has 2 heterocycles. The fourth-order valence-electron chi connectivity index (χ4n) is 4.29. The van der Waals surface area contributed by atoms with Crippen molar-refractivity contribution in [3.63, 3.8) is 0 Å². The highest BCUT2D eigenvalue weighted by Crippen LogP contribution is 2.37. The van der Waals surface area contributed by atoms with Crippen molar-refractivity contribution in [1.82, 2.24) is 9.62 Å². The number of anilines is 1. The minimum atomic E-state index is -3.59. The first-order chi connectivity index (χ1) is 14.9. The molecule has 0 aromatic heterocycles. The average molecular weight is 464 g/mol. The molecular weight excluding hydrogens is 434 g/mol. The van der Waals surface area contributed by atoms with Crippen molar-refractivity contribution in [1.29, 1.82) is 0 Å². The van der Waals surface area contributed by atoms with E-state index in [4.69, 9.17) is 0 Å². The highest BCUT2D eigenvalue weighted by molar-refractivity contribution is 8.00. The molecule has 2 aliphatic heterocycles. The summed E-state index contributed by atoms with van der Waals surface area (Å²) in [7, 11) is -3.59. The molecule has 9 heteroatoms. The number of thioether (sulfide) groups is 1. The van der Waals surface area contributed by atoms with Crippen LogP contribution in [-0.2, 0) is 19.6 Å². The number of rotatable bonds is 7. The van der Waals surface area contributed by atoms with Crippen molar-refractivity contribution in [2.75, 3.05) is 36.8 Å². The zero-order valence-corrected chi connectivity index (χ0v) is 19.3. The van der Waals surface area contributed by atoms with Gasteiger partial charge in [-0.15, -0.1) is 11.8 Å². The van der Waals surface area contributed by atoms with Gasteiger partial charge in [0, 0.05) is 24.5 Å². The lowest BCUT2D eigenvalue weighted by Gasteiger charge is -2.29. The van der Waals surface area contributed by atoms with Crippen LogP contribution < -0.4 is 10.2 Å². The van der Waals surface area contributed by atoms with Crippen LogP contribution in [-0.4, -0.2) is 56.5 Å². The Balaban J connectivity index is 1.45. The number of nitrogens with one attached hydrogen (secondary N) is 1. The van der Waals surface area contributed by atoms with Gasteiger partial charge in [0.2, 0.25) is 21.8 Å². The topological polar surface area (TPSA) is 86.8 Å². The number of allylic oxidation sites excluding steroid dienone is 1. The maximum absolute atomic E-state index is 13.0. The van der Waals surface area contributed by atoms with E-state index in [1.54, 1.807) is 18.2 Å². The number of hydrogen-bond donors (Lipinski definition) is 1. The molecule has 1 fully saturated rings. The maximum Gasteiger partial charge on any atom is 0.243 e. The van der Waals surface area contributed by atoms with Crippen LogP contribution in [0.5, 0.6) is 0 Å². The Hall–Kier alpha value is -1.84. The third kappa shape index (κ3) is 5.15. The molecule has 0 unspecified atom stereocenters. The Morgan fingerprint density at radius 1 is 1.13 bits per heavy atom. The van der Waals surface area contributed by atoms with E-state index in [1.165, 1.54) is 39.4 Å². The number of carbonyl (C=O) groups excluding carboxylic acids is 2. The number of carbonyl (C=O) groups is 2. The largest absolute Gasteiger partial charge is 0.354 e. The summed E-state index contributed by atoms with van der Waals surface area (Å²) in [5.74, 6) is -0.167. The molecule has 0 bridgehead atoms. The average Bonchev–Trinajstić information content (AvgIpc) is 3.32. The number of nitrogens with zero attached hydrogens (tertiary/aromatic N) is 2. The normalized spacial score (nSPS) is 19.8. The molecule has 7 nitrogen and oxygen atoms in total. The third-order valence-electron chi connectivity index (χ3n) is 6.03. The van der Waals surface area contributed by atoms with Gasteiger partial charge in [-0.1, -0.05) is 11.6 Å². The number of amides is 2. The summed E-state index contributed by atoms with van der Waals surface area (Å²) in [6, 6.07) is 4.90. The van der Waals surface area contributed by atoms with E-state index in [0.29, 0.717) is 25.3 Å². The van der Waals surface area contributed by atoms with Gasteiger partial charge in [-0.3, -0.25) is 9.59 Å². The summed E-state index contributed by atoms with van der Waals surface area (Å²) in [4.78, 5) is 27.5. The Labute approximate surface area is 188 Å². The number of fused-ring (bicyclic) bond motifs is 1. The molecule has 1 aromatic carbocycles. The molecule has 1 aromatic rings. The predicted molar refractivity (Wildman–Crippen MR) is 122 cm³/mol. The smallest absolute Gasteiger partial charge is 0.243 e. The first-order valence-electron chi connectivity index (χ1n) is 11.0. The number of sulfonamides is 1. The van der Waals surface area contributed by atoms with Gasteiger partial charge in [0.1, 0.15) is 6.54 Å². The molecule has 31 heavy (non-hydrogen) atoms. The maximum atomic E-state index is 13.0. The predicted octanol–water partition coefficient (Wildman–Crippen LogP) is 2.92. The van der Waals surface area contributed by atoms with E-state index < -0.39 is 10.0 Å². The molecule has 3 aliphatic rings. The third-order valence-corrected chi connectivity index (χ3v) is 8.97. The fraction of sp³-hybridized carbons (Fsp3) is 0.545. The van der Waals surface area contributed by atoms with Gasteiger partial charge in [-0.25, -0.2) is 8.42 Å². The summed E-state index contributed by atoms with van der Waals surface area (Å²) >= 11 is 1.38. The van der Waals surface area contributed by atoms with Crippen LogP contribution in [0.25, 0.3) is 0 Å². The van der Waals surface area contributed by atoms with Crippen LogP contribution in [0.15, 0.2) is 39.6 Å². The van der Waals surface area contributed by atoms with Crippen molar-refractivity contribution >= 4 is 39.3 Å². The lowest BCUT2D eigenvalue weighted by molar-refractivity contribution is -0.122. The number of hydrogen-bond acceptors (Lipinski definition) is 5. The van der Waals surface area contributed by atoms with Gasteiger partial charge in [0.25, 0.3) is 0 Å². The summed E-state index contributed by atoms with van der Waals surface area (Å²) in [6.45, 7) is 1.50. The zero-order chi connectivity index (χ0) is 21.8. The van der Waals surface area contributed by atoms with Gasteiger partial charge < -0.3 is 10.2 Å². The highest BCUT2D eigenvalue weighted by atomic mass is 32.2. The van der Waals surface area contributed by atoms with E-state index in [9.17, 15) is 18.0 Å². The van der Waals surface area contributed by atoms with Crippen LogP contribution in [0.2, 0.25) is 0 Å². The van der Waals surface area contributed by atoms with E-state index in [-0.39, 0.29) is 29.0 Å². The molecular formula is C22H29N3O4S2. The number of benzene rings is 1. The summed E-state index contributed by atoms with van der Waals surface area (Å²) in [5.41, 5.74) is 1.89. The molecule has 0 spiro atoms. The van der Waals surface area contributed by atoms with Crippen molar-refractivity contribution in [3.8, 4) is 0 Å². The van der Waals surface area contributed by atoms with Gasteiger partial charge >= 0.3 is 0 Å². The van der Waals surface area contributed by atoms with Crippen molar-refractivity contribution in [3.05, 3.63) is 29.8 Å². The summed E-state index contributed by atoms with van der Waals surface area (Å²) in [6.07, 6.45) is 9.48. The monoisotopic (exact) mass is 463 g/mol. The Kier molecular flexibility index (Phi) is 7.03. The van der Waals surface area contributed by atoms with E-state index in [2.05, 4.69) is 11.4 Å². The van der Waals surface area contributed by atoms with E-state index >= 15 is 0 Å². The lowest BCUT2D eigenvalue weighted by atomic mass is 9.97. The van der Waals surface area contributed by atoms with E-state index in [1.807, 2.05) is 0 Å². The Morgan fingerprint density at radius 3 is 2.68 bits per heavy atom. The highest BCUT2D eigenvalue weighted by Gasteiger charge is 2.31. The van der Waals surface area contributed by atoms with Crippen LogP contribution in [0.3, 0.4) is 0 Å². The zero-order valence-electron chi connectivity index (χ0n) is 17.6. The van der Waals surface area contributed by atoms with Gasteiger partial charge in [0.15, 0.2) is 0 Å². The molecule has 1 aliphatic carbocycles. The van der Waals surface area contributed by atoms with E-state index in [0.717, 1.165) is 37.0 Å². The van der Waals surface area contributed by atoms with Crippen LogP contribution >= 0.6 is 11.8 Å². The molecule has 4 rings (SSSR count). The van der Waals surface area contributed by atoms with Crippen LogP contribution in [0, 0.1) is 0 Å². The minimum Gasteiger partial charge on any atom is -0.354 e.